The van der Waals surface area contributed by atoms with Crippen LogP contribution in [-0.4, -0.2) is 12.5 Å². The molecule has 29 heavy (non-hydrogen) atoms. The first-order valence-corrected chi connectivity index (χ1v) is 9.13. The van der Waals surface area contributed by atoms with E-state index in [1.165, 1.54) is 12.1 Å². The monoisotopic (exact) mass is 402 g/mol. The third-order valence-corrected chi connectivity index (χ3v) is 4.83. The molecule has 4 N–H and O–H groups in total. The zero-order valence-corrected chi connectivity index (χ0v) is 15.8. The van der Waals surface area contributed by atoms with Crippen molar-refractivity contribution in [1.82, 2.24) is 0 Å². The van der Waals surface area contributed by atoms with E-state index < -0.39 is 17.6 Å². The highest BCUT2D eigenvalue weighted by Crippen LogP contribution is 2.37. The Kier molecular flexibility index (Phi) is 5.79. The lowest BCUT2D eigenvalue weighted by Gasteiger charge is -2.19. The number of alkyl halides is 3. The lowest BCUT2D eigenvalue weighted by Crippen LogP contribution is -2.16. The molecule has 1 atom stereocenters. The summed E-state index contributed by atoms with van der Waals surface area (Å²) in [7, 11) is 0. The summed E-state index contributed by atoms with van der Waals surface area (Å²) in [5, 5.41) is 1.53. The van der Waals surface area contributed by atoms with E-state index in [0.717, 1.165) is 28.5 Å². The SMILES string of the molecule is C[C@H](CCN)c1c(C(N)=O)ccc2c(Oc3ccc(C(F)(F)F)cc3)cccc12. The number of ether oxygens (including phenoxy) is 1. The third kappa shape index (κ3) is 4.35. The second-order valence-corrected chi connectivity index (χ2v) is 6.84. The number of halogens is 3. The van der Waals surface area contributed by atoms with Gasteiger partial charge >= 0.3 is 6.18 Å². The van der Waals surface area contributed by atoms with Crippen LogP contribution in [-0.2, 0) is 6.18 Å². The molecule has 0 fully saturated rings. The zero-order valence-electron chi connectivity index (χ0n) is 15.8. The van der Waals surface area contributed by atoms with Gasteiger partial charge in [0.2, 0.25) is 5.91 Å². The van der Waals surface area contributed by atoms with Gasteiger partial charge in [0.15, 0.2) is 0 Å². The standard InChI is InChI=1S/C22H21F3N2O2/c1-13(11-12-26)20-17-3-2-4-19(16(17)9-10-18(20)21(27)28)29-15-7-5-14(6-8-15)22(23,24)25/h2-10,13H,11-12,26H2,1H3,(H2,27,28)/t13-/m1/s1. The molecule has 1 amide bonds. The smallest absolute Gasteiger partial charge is 0.416 e. The molecule has 7 heteroatoms. The van der Waals surface area contributed by atoms with Gasteiger partial charge in [-0.1, -0.05) is 19.1 Å². The summed E-state index contributed by atoms with van der Waals surface area (Å²) in [4.78, 5) is 11.9. The fraction of sp³-hybridized carbons (Fsp3) is 0.227. The van der Waals surface area contributed by atoms with Crippen LogP contribution in [0.5, 0.6) is 11.5 Å². The van der Waals surface area contributed by atoms with Gasteiger partial charge in [0, 0.05) is 10.9 Å². The van der Waals surface area contributed by atoms with Gasteiger partial charge in [-0.2, -0.15) is 13.2 Å². The number of rotatable bonds is 6. The van der Waals surface area contributed by atoms with Gasteiger partial charge in [0.05, 0.1) is 5.56 Å². The van der Waals surface area contributed by atoms with Gasteiger partial charge in [0.25, 0.3) is 0 Å². The molecule has 0 bridgehead atoms. The molecule has 4 nitrogen and oxygen atoms in total. The Morgan fingerprint density at radius 2 is 1.72 bits per heavy atom. The van der Waals surface area contributed by atoms with Gasteiger partial charge in [-0.05, 0) is 72.3 Å². The molecule has 0 aliphatic carbocycles. The van der Waals surface area contributed by atoms with Gasteiger partial charge in [-0.3, -0.25) is 4.79 Å². The summed E-state index contributed by atoms with van der Waals surface area (Å²) in [5.41, 5.74) is 11.7. The van der Waals surface area contributed by atoms with Crippen molar-refractivity contribution in [3.8, 4) is 11.5 Å². The Labute approximate surface area is 166 Å². The van der Waals surface area contributed by atoms with Crippen LogP contribution < -0.4 is 16.2 Å². The number of amides is 1. The van der Waals surface area contributed by atoms with Gasteiger partial charge in [0.1, 0.15) is 11.5 Å². The molecule has 0 saturated carbocycles. The molecule has 0 saturated heterocycles. The number of carbonyl (C=O) groups excluding carboxylic acids is 1. The lowest BCUT2D eigenvalue weighted by atomic mass is 9.88. The molecule has 3 aromatic rings. The van der Waals surface area contributed by atoms with E-state index in [9.17, 15) is 18.0 Å². The van der Waals surface area contributed by atoms with Gasteiger partial charge < -0.3 is 16.2 Å². The maximum absolute atomic E-state index is 12.8. The number of hydrogen-bond donors (Lipinski definition) is 2. The van der Waals surface area contributed by atoms with Gasteiger partial charge in [-0.25, -0.2) is 0 Å². The van der Waals surface area contributed by atoms with E-state index in [4.69, 9.17) is 16.2 Å². The summed E-state index contributed by atoms with van der Waals surface area (Å²) < 4.78 is 44.1. The highest BCUT2D eigenvalue weighted by Gasteiger charge is 2.30. The molecule has 152 valence electrons. The van der Waals surface area contributed by atoms with E-state index >= 15 is 0 Å². The summed E-state index contributed by atoms with van der Waals surface area (Å²) in [6.45, 7) is 2.43. The van der Waals surface area contributed by atoms with Crippen LogP contribution in [0, 0.1) is 0 Å². The first-order valence-electron chi connectivity index (χ1n) is 9.13. The molecule has 0 radical (unpaired) electrons. The molecule has 0 aromatic heterocycles. The minimum absolute atomic E-state index is 0.00693. The van der Waals surface area contributed by atoms with Crippen LogP contribution in [0.25, 0.3) is 10.8 Å². The number of nitrogens with two attached hydrogens (primary N) is 2. The minimum Gasteiger partial charge on any atom is -0.457 e. The minimum atomic E-state index is -4.41. The van der Waals surface area contributed by atoms with E-state index in [2.05, 4.69) is 0 Å². The molecule has 3 aromatic carbocycles. The van der Waals surface area contributed by atoms with Crippen LogP contribution >= 0.6 is 0 Å². The Balaban J connectivity index is 2.06. The fourth-order valence-electron chi connectivity index (χ4n) is 3.42. The molecule has 0 aliphatic rings. The average Bonchev–Trinajstić information content (AvgIpc) is 2.67. The van der Waals surface area contributed by atoms with Crippen molar-refractivity contribution in [2.24, 2.45) is 11.5 Å². The molecule has 0 spiro atoms. The number of fused-ring (bicyclic) bond motifs is 1. The third-order valence-electron chi connectivity index (χ3n) is 4.83. The van der Waals surface area contributed by atoms with Gasteiger partial charge in [-0.15, -0.1) is 0 Å². The van der Waals surface area contributed by atoms with Crippen LogP contribution in [0.15, 0.2) is 54.6 Å². The van der Waals surface area contributed by atoms with Crippen molar-refractivity contribution in [2.75, 3.05) is 6.54 Å². The topological polar surface area (TPSA) is 78.3 Å². The van der Waals surface area contributed by atoms with E-state index in [1.807, 2.05) is 13.0 Å². The lowest BCUT2D eigenvalue weighted by molar-refractivity contribution is -0.137. The summed E-state index contributed by atoms with van der Waals surface area (Å²) in [5.74, 6) is 0.216. The largest absolute Gasteiger partial charge is 0.457 e. The van der Waals surface area contributed by atoms with Crippen molar-refractivity contribution in [3.05, 3.63) is 71.3 Å². The molecule has 0 unspecified atom stereocenters. The maximum atomic E-state index is 12.8. The van der Waals surface area contributed by atoms with E-state index in [0.29, 0.717) is 24.3 Å². The molecule has 0 aliphatic heterocycles. The highest BCUT2D eigenvalue weighted by atomic mass is 19.4. The Morgan fingerprint density at radius 3 is 2.31 bits per heavy atom. The zero-order chi connectivity index (χ0) is 21.2. The van der Waals surface area contributed by atoms with Crippen LogP contribution in [0.2, 0.25) is 0 Å². The van der Waals surface area contributed by atoms with Crippen LogP contribution in [0.1, 0.15) is 40.7 Å². The average molecular weight is 402 g/mol. The first-order chi connectivity index (χ1) is 13.7. The van der Waals surface area contributed by atoms with E-state index in [-0.39, 0.29) is 11.7 Å². The molecular weight excluding hydrogens is 381 g/mol. The van der Waals surface area contributed by atoms with Crippen molar-refractivity contribution < 1.29 is 22.7 Å². The van der Waals surface area contributed by atoms with Crippen molar-refractivity contribution in [2.45, 2.75) is 25.4 Å². The predicted molar refractivity (Wildman–Crippen MR) is 106 cm³/mol. The maximum Gasteiger partial charge on any atom is 0.416 e. The van der Waals surface area contributed by atoms with Crippen molar-refractivity contribution in [1.29, 1.82) is 0 Å². The summed E-state index contributed by atoms with van der Waals surface area (Å²) in [6, 6.07) is 13.2. The Morgan fingerprint density at radius 1 is 1.03 bits per heavy atom. The van der Waals surface area contributed by atoms with E-state index in [1.54, 1.807) is 24.3 Å². The normalized spacial score (nSPS) is 12.7. The number of benzene rings is 3. The summed E-state index contributed by atoms with van der Waals surface area (Å²) in [6.07, 6.45) is -3.74. The van der Waals surface area contributed by atoms with Crippen LogP contribution in [0.3, 0.4) is 0 Å². The second-order valence-electron chi connectivity index (χ2n) is 6.84. The molecule has 0 heterocycles. The highest BCUT2D eigenvalue weighted by molar-refractivity contribution is 6.02. The summed E-state index contributed by atoms with van der Waals surface area (Å²) >= 11 is 0. The first kappa shape index (κ1) is 20.7. The van der Waals surface area contributed by atoms with Crippen molar-refractivity contribution in [3.63, 3.8) is 0 Å². The fourth-order valence-corrected chi connectivity index (χ4v) is 3.42. The predicted octanol–water partition coefficient (Wildman–Crippen LogP) is 5.20. The quantitative estimate of drug-likeness (QED) is 0.595. The number of carbonyl (C=O) groups is 1. The Bertz CT molecular complexity index is 1030. The van der Waals surface area contributed by atoms with Crippen molar-refractivity contribution >= 4 is 16.7 Å². The molecule has 3 rings (SSSR count). The Hall–Kier alpha value is -3.06. The van der Waals surface area contributed by atoms with Crippen LogP contribution in [0.4, 0.5) is 13.2 Å². The second kappa shape index (κ2) is 8.13. The molecular formula is C22H21F3N2O2. The number of hydrogen-bond acceptors (Lipinski definition) is 3. The number of primary amides is 1.